The van der Waals surface area contributed by atoms with E-state index in [1.807, 2.05) is 162 Å². The molecule has 0 radical (unpaired) electrons. The molecule has 3 saturated heterocycles. The van der Waals surface area contributed by atoms with Crippen LogP contribution in [0.4, 0.5) is 4.39 Å². The Morgan fingerprint density at radius 3 is 1.55 bits per heavy atom. The van der Waals surface area contributed by atoms with Crippen LogP contribution in [0.1, 0.15) is 97.4 Å². The molecular formula is C83H86ClFN10O8S2. The Kier molecular flexibility index (Phi) is 23.0. The summed E-state index contributed by atoms with van der Waals surface area (Å²) in [5, 5.41) is 12.6. The molecule has 542 valence electrons. The number of rotatable bonds is 19. The lowest BCUT2D eigenvalue weighted by Gasteiger charge is -2.25. The highest BCUT2D eigenvalue weighted by Gasteiger charge is 2.38. The average molecular weight is 1470 g/mol. The predicted octanol–water partition coefficient (Wildman–Crippen LogP) is 13.3. The lowest BCUT2D eigenvalue weighted by molar-refractivity contribution is -0.132. The summed E-state index contributed by atoms with van der Waals surface area (Å²) in [7, 11) is -0.291. The van der Waals surface area contributed by atoms with Gasteiger partial charge in [0.25, 0.3) is 5.91 Å². The summed E-state index contributed by atoms with van der Waals surface area (Å²) in [4.78, 5) is 58.6. The third-order valence-corrected chi connectivity index (χ3v) is 24.0. The van der Waals surface area contributed by atoms with Crippen LogP contribution in [0.5, 0.6) is 0 Å². The monoisotopic (exact) mass is 1470 g/mol. The average Bonchev–Trinajstić information content (AvgIpc) is 1.64. The molecule has 4 atom stereocenters. The van der Waals surface area contributed by atoms with Gasteiger partial charge in [0.1, 0.15) is 24.9 Å². The number of aromatic nitrogens is 3. The molecule has 18 nitrogen and oxygen atoms in total. The molecule has 14 rings (SSSR count). The summed E-state index contributed by atoms with van der Waals surface area (Å²) in [6.45, 7) is 7.95. The van der Waals surface area contributed by atoms with Gasteiger partial charge in [-0.1, -0.05) is 163 Å². The number of nitrogens with one attached hydrogen (secondary N) is 1. The van der Waals surface area contributed by atoms with E-state index >= 15 is 0 Å². The number of aryl methyl sites for hydroxylation is 2. The van der Waals surface area contributed by atoms with Crippen LogP contribution in [0.15, 0.2) is 218 Å². The molecule has 6 heterocycles. The summed E-state index contributed by atoms with van der Waals surface area (Å²) >= 11 is 6.29. The molecule has 3 aliphatic rings. The maximum Gasteiger partial charge on any atom is 0.258 e. The zero-order valence-corrected chi connectivity index (χ0v) is 62.2. The van der Waals surface area contributed by atoms with Gasteiger partial charge in [0.05, 0.1) is 32.9 Å². The van der Waals surface area contributed by atoms with Crippen LogP contribution in [0.25, 0.3) is 32.7 Å². The first-order valence-corrected chi connectivity index (χ1v) is 38.7. The molecule has 4 amide bonds. The highest BCUT2D eigenvalue weighted by atomic mass is 35.5. The molecular weight excluding hydrogens is 1380 g/mol. The van der Waals surface area contributed by atoms with Crippen LogP contribution in [0, 0.1) is 31.0 Å². The molecule has 0 saturated carbocycles. The lowest BCUT2D eigenvalue weighted by atomic mass is 9.98. The van der Waals surface area contributed by atoms with Crippen molar-refractivity contribution in [1.29, 1.82) is 5.26 Å². The van der Waals surface area contributed by atoms with Crippen molar-refractivity contribution in [3.63, 3.8) is 0 Å². The van der Waals surface area contributed by atoms with E-state index in [1.54, 1.807) is 89.4 Å². The third-order valence-electron chi connectivity index (χ3n) is 20.2. The number of likely N-dealkylation sites (N-methyl/N-ethyl adjacent to an activating group) is 2. The molecule has 0 bridgehead atoms. The Bertz CT molecular complexity index is 5270. The molecule has 3 fully saturated rings. The third kappa shape index (κ3) is 17.1. The number of hydrogen-bond acceptors (Lipinski definition) is 9. The van der Waals surface area contributed by atoms with Crippen LogP contribution in [0.2, 0.25) is 5.02 Å². The second-order valence-corrected chi connectivity index (χ2v) is 32.0. The first-order valence-electron chi connectivity index (χ1n) is 35.2. The fourth-order valence-corrected chi connectivity index (χ4v) is 17.4. The molecule has 4 unspecified atom stereocenters. The number of fused-ring (bicyclic) bond motifs is 3. The highest BCUT2D eigenvalue weighted by molar-refractivity contribution is 7.89. The summed E-state index contributed by atoms with van der Waals surface area (Å²) in [5.41, 5.74) is 11.6. The molecule has 8 aromatic carbocycles. The van der Waals surface area contributed by atoms with Crippen LogP contribution < -0.4 is 4.72 Å². The van der Waals surface area contributed by atoms with Crippen LogP contribution in [0.3, 0.4) is 0 Å². The van der Waals surface area contributed by atoms with Crippen LogP contribution >= 0.6 is 11.6 Å². The van der Waals surface area contributed by atoms with Crippen molar-refractivity contribution in [2.24, 2.45) is 0 Å². The van der Waals surface area contributed by atoms with Gasteiger partial charge >= 0.3 is 0 Å². The largest absolute Gasteiger partial charge is 0.347 e. The number of nitriles is 1. The molecule has 11 aromatic rings. The first-order chi connectivity index (χ1) is 50.4. The predicted molar refractivity (Wildman–Crippen MR) is 410 cm³/mol. The minimum absolute atomic E-state index is 0.00476. The number of hydrogen-bond donors (Lipinski definition) is 1. The Balaban J connectivity index is 0.000000150. The number of benzene rings is 8. The van der Waals surface area contributed by atoms with Crippen LogP contribution in [-0.4, -0.2) is 152 Å². The number of carbonyl (C=O) groups is 4. The minimum Gasteiger partial charge on any atom is -0.347 e. The smallest absolute Gasteiger partial charge is 0.258 e. The van der Waals surface area contributed by atoms with Gasteiger partial charge in [0.2, 0.25) is 37.8 Å². The van der Waals surface area contributed by atoms with E-state index in [0.29, 0.717) is 56.9 Å². The quantitative estimate of drug-likeness (QED) is 0.0817. The molecule has 3 aromatic heterocycles. The van der Waals surface area contributed by atoms with Gasteiger partial charge in [-0.05, 0) is 127 Å². The number of amides is 4. The Morgan fingerprint density at radius 1 is 0.552 bits per heavy atom. The van der Waals surface area contributed by atoms with Gasteiger partial charge < -0.3 is 33.3 Å². The van der Waals surface area contributed by atoms with Crippen molar-refractivity contribution >= 4 is 88.0 Å². The lowest BCUT2D eigenvalue weighted by Crippen LogP contribution is -2.49. The van der Waals surface area contributed by atoms with Crippen molar-refractivity contribution in [2.75, 3.05) is 67.5 Å². The van der Waals surface area contributed by atoms with Gasteiger partial charge in [-0.3, -0.25) is 19.2 Å². The summed E-state index contributed by atoms with van der Waals surface area (Å²) in [6.07, 6.45) is 8.82. The Morgan fingerprint density at radius 2 is 1.02 bits per heavy atom. The van der Waals surface area contributed by atoms with Crippen molar-refractivity contribution in [1.82, 2.24) is 42.3 Å². The second kappa shape index (κ2) is 32.4. The van der Waals surface area contributed by atoms with Crippen molar-refractivity contribution in [3.8, 4) is 6.07 Å². The van der Waals surface area contributed by atoms with Gasteiger partial charge in [-0.2, -0.15) is 9.98 Å². The Hall–Kier alpha value is -10.2. The number of halogens is 2. The van der Waals surface area contributed by atoms with Crippen molar-refractivity contribution < 1.29 is 40.4 Å². The SMILES string of the molecule is CN(C)C(=O)Cn1cc(C2CCN(S(=O)(=O)Cc3ccccc3)C2)c2ccccc21.Cc1ccc(F)c(C(=O)N2CCC(c3cn(Cc4ccc(C#N)cc4)c4ccccc34)C2)c1Cl.Cc1ccc(S(=O)(=O)NC(Cc2ccccc2)C(=O)N2CCC(c3cn(CC(=O)N(C)C)c4ccccc34)C2)cc1. The highest BCUT2D eigenvalue weighted by Crippen LogP contribution is 2.39. The molecule has 1 N–H and O–H groups in total. The molecule has 0 aliphatic carbocycles. The number of carbonyl (C=O) groups excluding carboxylic acids is 4. The van der Waals surface area contributed by atoms with Gasteiger partial charge in [0, 0.05) is 143 Å². The van der Waals surface area contributed by atoms with Gasteiger partial charge in [0.15, 0.2) is 0 Å². The van der Waals surface area contributed by atoms with E-state index in [2.05, 4.69) is 45.8 Å². The zero-order valence-electron chi connectivity index (χ0n) is 59.8. The summed E-state index contributed by atoms with van der Waals surface area (Å²) in [6, 6.07) is 61.4. The standard InChI is InChI=1S/C32H36N4O4S.C28H23ClFN3O.C23H27N3O3S/c1-23-13-15-26(16-14-23)41(39,40)33-29(19-24-9-5-4-6-10-24)32(38)35-18-17-25(20-35)28-21-36(22-31(37)34(2)3)30-12-8-7-11-27(28)30;1-18-6-11-24(30)26(27(18)29)28(34)32-13-12-21(16-32)23-17-33(25-5-3-2-4-22(23)25)15-20-9-7-19(14-31)8-10-20;1-24(2)23(27)16-25-15-21(20-10-6-7-11-22(20)25)19-12-13-26(14-19)30(28,29)17-18-8-4-3-5-9-18/h4-16,21,25,29,33H,17-20,22H2,1-3H3;2-11,17,21H,12-13,15-16H2,1H3;3-11,15,19H,12-14,16-17H2,1-2H3. The fraction of sp³-hybridized carbons (Fsp3) is 0.289. The molecule has 105 heavy (non-hydrogen) atoms. The van der Waals surface area contributed by atoms with Gasteiger partial charge in [-0.25, -0.2) is 25.5 Å². The number of likely N-dealkylation sites (tertiary alicyclic amines) is 2. The molecule has 0 spiro atoms. The zero-order chi connectivity index (χ0) is 74.3. The van der Waals surface area contributed by atoms with E-state index in [4.69, 9.17) is 16.9 Å². The minimum atomic E-state index is -3.92. The van der Waals surface area contributed by atoms with E-state index in [9.17, 15) is 40.4 Å². The second-order valence-electron chi connectivity index (χ2n) is 27.9. The molecule has 22 heteroatoms. The topological polar surface area (TPSA) is 203 Å². The summed E-state index contributed by atoms with van der Waals surface area (Å²) in [5.74, 6) is -0.758. The normalized spacial score (nSPS) is 16.4. The van der Waals surface area contributed by atoms with Crippen molar-refractivity contribution in [3.05, 3.63) is 279 Å². The molecule has 3 aliphatic heterocycles. The Labute approximate surface area is 618 Å². The summed E-state index contributed by atoms with van der Waals surface area (Å²) < 4.78 is 77.5. The van der Waals surface area contributed by atoms with Crippen molar-refractivity contribution in [2.45, 2.75) is 93.6 Å². The number of sulfonamides is 2. The van der Waals surface area contributed by atoms with E-state index < -0.39 is 31.9 Å². The first kappa shape index (κ1) is 74.5. The van der Waals surface area contributed by atoms with Crippen LogP contribution in [-0.2, 0) is 66.2 Å². The van der Waals surface area contributed by atoms with E-state index in [0.717, 1.165) is 85.4 Å². The maximum atomic E-state index is 14.5. The fourth-order valence-electron chi connectivity index (χ4n) is 14.4. The number of nitrogens with zero attached hydrogens (tertiary/aromatic N) is 9. The number of para-hydroxylation sites is 3. The van der Waals surface area contributed by atoms with E-state index in [1.165, 1.54) is 11.6 Å². The maximum absolute atomic E-state index is 14.5. The van der Waals surface area contributed by atoms with E-state index in [-0.39, 0.29) is 82.1 Å². The van der Waals surface area contributed by atoms with Gasteiger partial charge in [-0.15, -0.1) is 0 Å².